The van der Waals surface area contributed by atoms with Gasteiger partial charge in [-0.05, 0) is 31.5 Å². The van der Waals surface area contributed by atoms with Crippen molar-refractivity contribution in [2.75, 3.05) is 17.3 Å². The Hall–Kier alpha value is -2.74. The van der Waals surface area contributed by atoms with Gasteiger partial charge in [0.15, 0.2) is 10.9 Å². The third kappa shape index (κ3) is 2.58. The van der Waals surface area contributed by atoms with Gasteiger partial charge >= 0.3 is 0 Å². The molecule has 1 aromatic carbocycles. The molecule has 25 heavy (non-hydrogen) atoms. The molecule has 2 aromatic heterocycles. The van der Waals surface area contributed by atoms with Crippen molar-refractivity contribution >= 4 is 44.2 Å². The Kier molecular flexibility index (Phi) is 3.57. The number of anilines is 2. The summed E-state index contributed by atoms with van der Waals surface area (Å²) in [4.78, 5) is 35.2. The number of rotatable bonds is 3. The molecule has 3 heterocycles. The number of ketones is 1. The Morgan fingerprint density at radius 1 is 1.40 bits per heavy atom. The van der Waals surface area contributed by atoms with Crippen LogP contribution in [0.2, 0.25) is 0 Å². The van der Waals surface area contributed by atoms with Gasteiger partial charge in [0.1, 0.15) is 12.2 Å². The van der Waals surface area contributed by atoms with Crippen molar-refractivity contribution in [2.24, 2.45) is 0 Å². The summed E-state index contributed by atoms with van der Waals surface area (Å²) in [5.74, 6) is 0.380. The monoisotopic (exact) mass is 355 g/mol. The van der Waals surface area contributed by atoms with Crippen LogP contribution in [-0.2, 0) is 11.3 Å². The fraction of sp³-hybridized carbons (Fsp3) is 0.294. The summed E-state index contributed by atoms with van der Waals surface area (Å²) < 4.78 is 2.63. The van der Waals surface area contributed by atoms with Gasteiger partial charge in [0.05, 0.1) is 22.6 Å². The molecule has 3 aromatic rings. The lowest BCUT2D eigenvalue weighted by molar-refractivity contribution is -0.116. The fourth-order valence-electron chi connectivity index (χ4n) is 2.96. The van der Waals surface area contributed by atoms with Gasteiger partial charge in [-0.3, -0.25) is 9.59 Å². The second-order valence-corrected chi connectivity index (χ2v) is 7.26. The van der Waals surface area contributed by atoms with Crippen LogP contribution in [0.25, 0.3) is 10.2 Å². The average molecular weight is 355 g/mol. The van der Waals surface area contributed by atoms with Gasteiger partial charge in [0.25, 0.3) is 0 Å². The maximum Gasteiger partial charge on any atom is 0.246 e. The number of aryl methyl sites for hydroxylation is 1. The number of amides is 1. The molecule has 0 radical (unpaired) electrons. The Morgan fingerprint density at radius 3 is 3.00 bits per heavy atom. The van der Waals surface area contributed by atoms with E-state index in [1.54, 1.807) is 4.57 Å². The first-order valence-electron chi connectivity index (χ1n) is 7.93. The minimum absolute atomic E-state index is 0.0155. The molecule has 7 nitrogen and oxygen atoms in total. The predicted molar refractivity (Wildman–Crippen MR) is 97.4 cm³/mol. The second-order valence-electron chi connectivity index (χ2n) is 6.23. The number of nitrogens with one attached hydrogen (secondary N) is 1. The van der Waals surface area contributed by atoms with Crippen LogP contribution in [0.5, 0.6) is 0 Å². The number of nitrogens with zero attached hydrogens (tertiary/aromatic N) is 4. The predicted octanol–water partition coefficient (Wildman–Crippen LogP) is 2.46. The third-order valence-corrected chi connectivity index (χ3v) is 5.38. The topological polar surface area (TPSA) is 80.1 Å². The molecule has 1 atom stereocenters. The average Bonchev–Trinajstić information content (AvgIpc) is 3.20. The summed E-state index contributed by atoms with van der Waals surface area (Å²) in [6.07, 6.45) is 1.53. The van der Waals surface area contributed by atoms with E-state index in [0.29, 0.717) is 16.6 Å². The quantitative estimate of drug-likeness (QED) is 0.781. The molecule has 1 amide bonds. The maximum atomic E-state index is 12.4. The maximum absolute atomic E-state index is 12.4. The largest absolute Gasteiger partial charge is 0.348 e. The van der Waals surface area contributed by atoms with E-state index in [-0.39, 0.29) is 24.3 Å². The molecule has 0 saturated heterocycles. The molecule has 1 aliphatic rings. The molecular formula is C17H17N5O2S. The number of aromatic nitrogens is 3. The Balaban J connectivity index is 1.53. The molecule has 1 N–H and O–H groups in total. The van der Waals surface area contributed by atoms with E-state index in [1.807, 2.05) is 44.0 Å². The molecule has 4 rings (SSSR count). The number of carbonyl (C=O) groups excluding carboxylic acids is 2. The lowest BCUT2D eigenvalue weighted by Gasteiger charge is -2.14. The number of thiazole rings is 1. The lowest BCUT2D eigenvalue weighted by Crippen LogP contribution is -2.29. The molecule has 1 aliphatic heterocycles. The van der Waals surface area contributed by atoms with E-state index in [1.165, 1.54) is 17.7 Å². The zero-order valence-corrected chi connectivity index (χ0v) is 14.9. The first-order valence-corrected chi connectivity index (χ1v) is 8.75. The second kappa shape index (κ2) is 5.66. The Morgan fingerprint density at radius 2 is 2.20 bits per heavy atom. The molecule has 128 valence electrons. The fourth-order valence-corrected chi connectivity index (χ4v) is 3.94. The van der Waals surface area contributed by atoms with Crippen LogP contribution < -0.4 is 10.2 Å². The first kappa shape index (κ1) is 15.8. The van der Waals surface area contributed by atoms with Gasteiger partial charge in [-0.1, -0.05) is 17.4 Å². The summed E-state index contributed by atoms with van der Waals surface area (Å²) in [6.45, 7) is 3.88. The van der Waals surface area contributed by atoms with Gasteiger partial charge in [-0.25, -0.2) is 9.97 Å². The molecule has 8 heteroatoms. The van der Waals surface area contributed by atoms with E-state index in [2.05, 4.69) is 15.3 Å². The molecular weight excluding hydrogens is 338 g/mol. The number of Topliss-reactive ketones (excluding diaryl/α,β-unsaturated/α-hetero) is 1. The molecule has 0 saturated carbocycles. The zero-order valence-electron chi connectivity index (χ0n) is 14.1. The summed E-state index contributed by atoms with van der Waals surface area (Å²) in [5.41, 5.74) is 2.50. The van der Waals surface area contributed by atoms with E-state index >= 15 is 0 Å². The Bertz CT molecular complexity index is 1010. The van der Waals surface area contributed by atoms with Crippen LogP contribution in [0, 0.1) is 6.92 Å². The molecule has 0 spiro atoms. The normalized spacial score (nSPS) is 16.5. The summed E-state index contributed by atoms with van der Waals surface area (Å²) in [7, 11) is 1.83. The van der Waals surface area contributed by atoms with Crippen molar-refractivity contribution in [3.8, 4) is 0 Å². The Labute approximate surface area is 148 Å². The van der Waals surface area contributed by atoms with Crippen molar-refractivity contribution in [1.82, 2.24) is 14.5 Å². The van der Waals surface area contributed by atoms with Crippen LogP contribution >= 0.6 is 11.3 Å². The van der Waals surface area contributed by atoms with Crippen LogP contribution in [0.3, 0.4) is 0 Å². The highest BCUT2D eigenvalue weighted by molar-refractivity contribution is 7.22. The van der Waals surface area contributed by atoms with Crippen LogP contribution in [0.4, 0.5) is 10.9 Å². The van der Waals surface area contributed by atoms with Crippen molar-refractivity contribution < 1.29 is 9.59 Å². The first-order chi connectivity index (χ1) is 11.9. The van der Waals surface area contributed by atoms with Gasteiger partial charge < -0.3 is 14.8 Å². The highest BCUT2D eigenvalue weighted by atomic mass is 32.1. The molecule has 0 aliphatic carbocycles. The molecule has 0 bridgehead atoms. The van der Waals surface area contributed by atoms with Crippen molar-refractivity contribution in [1.29, 1.82) is 0 Å². The van der Waals surface area contributed by atoms with Crippen LogP contribution in [0.1, 0.15) is 23.0 Å². The number of hydrogen-bond acceptors (Lipinski definition) is 6. The standard InChI is InChI=1S/C17H17N5O2S/c1-9-4-5-11-12(6-9)25-17(19-11)20-13(23)7-22-8-18-16-14(22)15(24)10(2)21(16)3/h4-6,8,10H,7H2,1-3H3,(H,19,20,23). The summed E-state index contributed by atoms with van der Waals surface area (Å²) in [6, 6.07) is 5.73. The number of carbonyl (C=O) groups is 2. The van der Waals surface area contributed by atoms with E-state index in [0.717, 1.165) is 15.8 Å². The minimum atomic E-state index is -0.250. The van der Waals surface area contributed by atoms with Gasteiger partial charge in [0.2, 0.25) is 11.7 Å². The third-order valence-electron chi connectivity index (χ3n) is 4.45. The number of hydrogen-bond donors (Lipinski definition) is 1. The van der Waals surface area contributed by atoms with Gasteiger partial charge in [-0.2, -0.15) is 0 Å². The number of fused-ring (bicyclic) bond motifs is 2. The molecule has 1 unspecified atom stereocenters. The van der Waals surface area contributed by atoms with Gasteiger partial charge in [0, 0.05) is 7.05 Å². The van der Waals surface area contributed by atoms with E-state index < -0.39 is 0 Å². The molecule has 0 fully saturated rings. The SMILES string of the molecule is Cc1ccc2nc(NC(=O)Cn3cnc4c3C(=O)C(C)N4C)sc2c1. The smallest absolute Gasteiger partial charge is 0.246 e. The number of benzene rings is 1. The minimum Gasteiger partial charge on any atom is -0.348 e. The zero-order chi connectivity index (χ0) is 17.7. The van der Waals surface area contributed by atoms with Crippen molar-refractivity contribution in [2.45, 2.75) is 26.4 Å². The van der Waals surface area contributed by atoms with Crippen LogP contribution in [0.15, 0.2) is 24.5 Å². The highest BCUT2D eigenvalue weighted by Crippen LogP contribution is 2.29. The lowest BCUT2D eigenvalue weighted by atomic mass is 10.2. The van der Waals surface area contributed by atoms with Crippen LogP contribution in [-0.4, -0.2) is 39.3 Å². The van der Waals surface area contributed by atoms with Crippen molar-refractivity contribution in [3.63, 3.8) is 0 Å². The van der Waals surface area contributed by atoms with E-state index in [9.17, 15) is 9.59 Å². The summed E-state index contributed by atoms with van der Waals surface area (Å²) in [5, 5.41) is 3.37. The number of imidazole rings is 1. The van der Waals surface area contributed by atoms with E-state index in [4.69, 9.17) is 0 Å². The summed E-state index contributed by atoms with van der Waals surface area (Å²) >= 11 is 1.44. The highest BCUT2D eigenvalue weighted by Gasteiger charge is 2.36. The van der Waals surface area contributed by atoms with Crippen molar-refractivity contribution in [3.05, 3.63) is 35.8 Å². The van der Waals surface area contributed by atoms with Gasteiger partial charge in [-0.15, -0.1) is 0 Å². The number of likely N-dealkylation sites (N-methyl/N-ethyl adjacent to an activating group) is 1.